The highest BCUT2D eigenvalue weighted by atomic mass is 19.1. The van der Waals surface area contributed by atoms with E-state index in [1.165, 1.54) is 0 Å². The third-order valence-corrected chi connectivity index (χ3v) is 3.82. The normalized spacial score (nSPS) is 12.7. The number of rotatable bonds is 8. The van der Waals surface area contributed by atoms with Crippen molar-refractivity contribution in [2.75, 3.05) is 18.5 Å². The Labute approximate surface area is 156 Å². The van der Waals surface area contributed by atoms with Crippen LogP contribution in [-0.4, -0.2) is 24.4 Å². The van der Waals surface area contributed by atoms with Crippen LogP contribution in [0.25, 0.3) is 0 Å². The Kier molecular flexibility index (Phi) is 7.31. The predicted octanol–water partition coefficient (Wildman–Crippen LogP) is 4.45. The lowest BCUT2D eigenvalue weighted by atomic mass is 9.97. The summed E-state index contributed by atoms with van der Waals surface area (Å²) in [7, 11) is 0. The Morgan fingerprint density at radius 1 is 1.26 bits per heavy atom. The van der Waals surface area contributed by atoms with Crippen molar-refractivity contribution in [3.05, 3.63) is 72.3 Å². The molecule has 0 aliphatic rings. The van der Waals surface area contributed by atoms with E-state index < -0.39 is 23.8 Å². The molecule has 5 nitrogen and oxygen atoms in total. The SMILES string of the molecule is C=C[C@@H](C)[C@@H](OC(=O)Nc1ccc(F)cc1F)c1ccc(OCCO)cc1. The number of ether oxygens (including phenoxy) is 2. The minimum absolute atomic E-state index is 0.0961. The number of carbonyl (C=O) groups excluding carboxylic acids is 1. The average Bonchev–Trinajstić information content (AvgIpc) is 2.66. The van der Waals surface area contributed by atoms with Gasteiger partial charge in [0.1, 0.15) is 30.1 Å². The summed E-state index contributed by atoms with van der Waals surface area (Å²) in [5.41, 5.74) is 0.507. The fourth-order valence-electron chi connectivity index (χ4n) is 2.37. The highest BCUT2D eigenvalue weighted by Gasteiger charge is 2.22. The van der Waals surface area contributed by atoms with Gasteiger partial charge in [-0.25, -0.2) is 13.6 Å². The summed E-state index contributed by atoms with van der Waals surface area (Å²) in [6, 6.07) is 9.65. The lowest BCUT2D eigenvalue weighted by molar-refractivity contribution is 0.0896. The second-order valence-electron chi connectivity index (χ2n) is 5.81. The maximum Gasteiger partial charge on any atom is 0.412 e. The number of aliphatic hydroxyl groups is 1. The Hall–Kier alpha value is -2.93. The number of anilines is 1. The zero-order valence-corrected chi connectivity index (χ0v) is 14.8. The number of carbonyl (C=O) groups is 1. The second kappa shape index (κ2) is 9.68. The number of hydrogen-bond acceptors (Lipinski definition) is 4. The van der Waals surface area contributed by atoms with Gasteiger partial charge in [-0.1, -0.05) is 25.1 Å². The van der Waals surface area contributed by atoms with E-state index >= 15 is 0 Å². The van der Waals surface area contributed by atoms with Crippen LogP contribution in [-0.2, 0) is 4.74 Å². The van der Waals surface area contributed by atoms with Gasteiger partial charge in [0.15, 0.2) is 0 Å². The molecule has 2 rings (SSSR count). The molecule has 144 valence electrons. The first-order valence-electron chi connectivity index (χ1n) is 8.33. The minimum Gasteiger partial charge on any atom is -0.491 e. The summed E-state index contributed by atoms with van der Waals surface area (Å²) < 4.78 is 37.4. The number of nitrogens with one attached hydrogen (secondary N) is 1. The third-order valence-electron chi connectivity index (χ3n) is 3.82. The van der Waals surface area contributed by atoms with Crippen molar-refractivity contribution in [2.24, 2.45) is 5.92 Å². The topological polar surface area (TPSA) is 67.8 Å². The largest absolute Gasteiger partial charge is 0.491 e. The molecule has 0 aliphatic heterocycles. The van der Waals surface area contributed by atoms with E-state index in [0.717, 1.165) is 12.1 Å². The van der Waals surface area contributed by atoms with Crippen molar-refractivity contribution in [3.63, 3.8) is 0 Å². The van der Waals surface area contributed by atoms with Crippen molar-refractivity contribution in [1.29, 1.82) is 0 Å². The molecule has 0 spiro atoms. The molecular formula is C20H21F2NO4. The molecule has 0 radical (unpaired) electrons. The second-order valence-corrected chi connectivity index (χ2v) is 5.81. The molecule has 2 atom stereocenters. The molecule has 0 heterocycles. The van der Waals surface area contributed by atoms with Crippen LogP contribution in [0.5, 0.6) is 5.75 Å². The Morgan fingerprint density at radius 2 is 1.96 bits per heavy atom. The maximum atomic E-state index is 13.7. The van der Waals surface area contributed by atoms with Crippen molar-refractivity contribution >= 4 is 11.8 Å². The van der Waals surface area contributed by atoms with E-state index in [9.17, 15) is 13.6 Å². The van der Waals surface area contributed by atoms with Crippen LogP contribution in [0.4, 0.5) is 19.3 Å². The lowest BCUT2D eigenvalue weighted by Crippen LogP contribution is -2.21. The quantitative estimate of drug-likeness (QED) is 0.667. The van der Waals surface area contributed by atoms with Crippen LogP contribution >= 0.6 is 0 Å². The first kappa shape index (κ1) is 20.4. The molecule has 2 aromatic carbocycles. The molecule has 2 aromatic rings. The van der Waals surface area contributed by atoms with Gasteiger partial charge in [-0.05, 0) is 29.8 Å². The number of halogens is 2. The zero-order chi connectivity index (χ0) is 19.8. The van der Waals surface area contributed by atoms with Gasteiger partial charge >= 0.3 is 6.09 Å². The van der Waals surface area contributed by atoms with Gasteiger partial charge in [-0.3, -0.25) is 5.32 Å². The zero-order valence-electron chi connectivity index (χ0n) is 14.8. The highest BCUT2D eigenvalue weighted by Crippen LogP contribution is 2.29. The summed E-state index contributed by atoms with van der Waals surface area (Å²) in [5.74, 6) is -1.30. The Balaban J connectivity index is 2.11. The number of aliphatic hydroxyl groups excluding tert-OH is 1. The molecule has 0 aromatic heterocycles. The standard InChI is InChI=1S/C20H21F2NO4/c1-3-13(2)19(14-4-7-16(8-5-14)26-11-10-24)27-20(25)23-18-9-6-15(21)12-17(18)22/h3-9,12-13,19,24H,1,10-11H2,2H3,(H,23,25)/t13-,19-/m1/s1. The van der Waals surface area contributed by atoms with Crippen LogP contribution < -0.4 is 10.1 Å². The fraction of sp³-hybridized carbons (Fsp3) is 0.250. The molecule has 0 unspecified atom stereocenters. The minimum atomic E-state index is -0.898. The van der Waals surface area contributed by atoms with E-state index in [4.69, 9.17) is 14.6 Å². The van der Waals surface area contributed by atoms with Crippen LogP contribution in [0.3, 0.4) is 0 Å². The maximum absolute atomic E-state index is 13.7. The Bertz CT molecular complexity index is 780. The third kappa shape index (κ3) is 5.79. The van der Waals surface area contributed by atoms with Crippen LogP contribution in [0.2, 0.25) is 0 Å². The molecule has 27 heavy (non-hydrogen) atoms. The Morgan fingerprint density at radius 3 is 2.56 bits per heavy atom. The first-order chi connectivity index (χ1) is 12.9. The molecule has 0 saturated heterocycles. The number of hydrogen-bond donors (Lipinski definition) is 2. The van der Waals surface area contributed by atoms with Crippen LogP contribution in [0.15, 0.2) is 55.1 Å². The molecule has 0 fully saturated rings. The first-order valence-corrected chi connectivity index (χ1v) is 8.33. The summed E-state index contributed by atoms with van der Waals surface area (Å²) in [6.45, 7) is 5.61. The van der Waals surface area contributed by atoms with Crippen molar-refractivity contribution in [2.45, 2.75) is 13.0 Å². The molecule has 0 bridgehead atoms. The van der Waals surface area contributed by atoms with Crippen molar-refractivity contribution in [1.82, 2.24) is 0 Å². The van der Waals surface area contributed by atoms with Gasteiger partial charge in [-0.15, -0.1) is 6.58 Å². The molecule has 0 aliphatic carbocycles. The summed E-state index contributed by atoms with van der Waals surface area (Å²) in [6.07, 6.45) is 0.0878. The molecule has 1 amide bonds. The number of amides is 1. The van der Waals surface area contributed by atoms with Crippen molar-refractivity contribution < 1.29 is 28.2 Å². The molecule has 7 heteroatoms. The molecular weight excluding hydrogens is 356 g/mol. The monoisotopic (exact) mass is 377 g/mol. The smallest absolute Gasteiger partial charge is 0.412 e. The van der Waals surface area contributed by atoms with Gasteiger partial charge in [0, 0.05) is 12.0 Å². The van der Waals surface area contributed by atoms with E-state index in [1.807, 2.05) is 6.92 Å². The lowest BCUT2D eigenvalue weighted by Gasteiger charge is -2.23. The van der Waals surface area contributed by atoms with Crippen molar-refractivity contribution in [3.8, 4) is 5.75 Å². The number of benzene rings is 2. The van der Waals surface area contributed by atoms with Gasteiger partial charge in [0.25, 0.3) is 0 Å². The van der Waals surface area contributed by atoms with E-state index in [2.05, 4.69) is 11.9 Å². The predicted molar refractivity (Wildman–Crippen MR) is 97.6 cm³/mol. The summed E-state index contributed by atoms with van der Waals surface area (Å²) >= 11 is 0. The van der Waals surface area contributed by atoms with Gasteiger partial charge in [-0.2, -0.15) is 0 Å². The van der Waals surface area contributed by atoms with Gasteiger partial charge in [0.2, 0.25) is 0 Å². The van der Waals surface area contributed by atoms with E-state index in [0.29, 0.717) is 17.4 Å². The van der Waals surface area contributed by atoms with Gasteiger partial charge < -0.3 is 14.6 Å². The molecule has 0 saturated carbocycles. The van der Waals surface area contributed by atoms with Crippen LogP contribution in [0.1, 0.15) is 18.6 Å². The summed E-state index contributed by atoms with van der Waals surface area (Å²) in [4.78, 5) is 12.2. The highest BCUT2D eigenvalue weighted by molar-refractivity contribution is 5.84. The summed E-state index contributed by atoms with van der Waals surface area (Å²) in [5, 5.41) is 11.0. The van der Waals surface area contributed by atoms with Gasteiger partial charge in [0.05, 0.1) is 12.3 Å². The van der Waals surface area contributed by atoms with E-state index in [-0.39, 0.29) is 24.8 Å². The average molecular weight is 377 g/mol. The fourth-order valence-corrected chi connectivity index (χ4v) is 2.37. The van der Waals surface area contributed by atoms with E-state index in [1.54, 1.807) is 30.3 Å². The van der Waals surface area contributed by atoms with Crippen LogP contribution in [0, 0.1) is 17.6 Å². The molecule has 2 N–H and O–H groups in total.